The number of benzene rings is 1. The van der Waals surface area contributed by atoms with Gasteiger partial charge in [0, 0.05) is 0 Å². The zero-order chi connectivity index (χ0) is 6.97. The third kappa shape index (κ3) is 0.743. The van der Waals surface area contributed by atoms with E-state index in [0.29, 0.717) is 0 Å². The van der Waals surface area contributed by atoms with Crippen LogP contribution in [0, 0.1) is 6.92 Å². The van der Waals surface area contributed by atoms with Crippen LogP contribution in [0.15, 0.2) is 18.2 Å². The highest BCUT2D eigenvalue weighted by molar-refractivity contribution is 8.02. The van der Waals surface area contributed by atoms with E-state index in [2.05, 4.69) is 34.6 Å². The van der Waals surface area contributed by atoms with Crippen LogP contribution < -0.4 is 9.44 Å². The molecule has 0 aromatic heterocycles. The minimum Gasteiger partial charge on any atom is -0.310 e. The molecule has 2 rings (SSSR count). The van der Waals surface area contributed by atoms with E-state index in [1.165, 1.54) is 29.1 Å². The smallest absolute Gasteiger partial charge is 0.0727 e. The second-order valence-electron chi connectivity index (χ2n) is 2.30. The molecular weight excluding hydrogens is 144 g/mol. The second kappa shape index (κ2) is 2.09. The lowest BCUT2D eigenvalue weighted by Gasteiger charge is -1.98. The fourth-order valence-electron chi connectivity index (χ4n) is 1.02. The van der Waals surface area contributed by atoms with Crippen LogP contribution in [0.2, 0.25) is 0 Å². The largest absolute Gasteiger partial charge is 0.310 e. The number of fused-ring (bicyclic) bond motifs is 1. The summed E-state index contributed by atoms with van der Waals surface area (Å²) in [6.45, 7) is 2.10. The third-order valence-corrected chi connectivity index (χ3v) is 2.22. The minimum absolute atomic E-state index is 1.19. The van der Waals surface area contributed by atoms with E-state index >= 15 is 0 Å². The molecule has 0 amide bonds. The Morgan fingerprint density at radius 3 is 3.00 bits per heavy atom. The van der Waals surface area contributed by atoms with Gasteiger partial charge in [0.1, 0.15) is 0 Å². The highest BCUT2D eigenvalue weighted by atomic mass is 32.2. The zero-order valence-electron chi connectivity index (χ0n) is 5.64. The molecule has 0 aliphatic carbocycles. The Kier molecular flexibility index (Phi) is 1.24. The SMILES string of the molecule is Cc1cccc2c1NSN2. The van der Waals surface area contributed by atoms with E-state index in [-0.39, 0.29) is 0 Å². The fourth-order valence-corrected chi connectivity index (χ4v) is 1.72. The Morgan fingerprint density at radius 2 is 2.20 bits per heavy atom. The van der Waals surface area contributed by atoms with Crippen LogP contribution in [0.4, 0.5) is 11.4 Å². The minimum atomic E-state index is 1.19. The van der Waals surface area contributed by atoms with Gasteiger partial charge in [0.25, 0.3) is 0 Å². The first-order valence-electron chi connectivity index (χ1n) is 3.15. The predicted octanol–water partition coefficient (Wildman–Crippen LogP) is 2.40. The highest BCUT2D eigenvalue weighted by Crippen LogP contribution is 2.34. The fraction of sp³-hybridized carbons (Fsp3) is 0.143. The quantitative estimate of drug-likeness (QED) is 0.558. The number of aryl methyl sites for hydroxylation is 1. The summed E-state index contributed by atoms with van der Waals surface area (Å²) in [4.78, 5) is 0. The molecule has 52 valence electrons. The molecule has 1 aromatic rings. The molecule has 10 heavy (non-hydrogen) atoms. The molecule has 0 saturated heterocycles. The second-order valence-corrected chi connectivity index (χ2v) is 2.92. The summed E-state index contributed by atoms with van der Waals surface area (Å²) in [5.74, 6) is 0. The van der Waals surface area contributed by atoms with Crippen molar-refractivity contribution in [2.24, 2.45) is 0 Å². The van der Waals surface area contributed by atoms with Crippen LogP contribution in [0.1, 0.15) is 5.56 Å². The van der Waals surface area contributed by atoms with Gasteiger partial charge in [-0.2, -0.15) is 0 Å². The first-order chi connectivity index (χ1) is 4.88. The molecule has 1 aromatic carbocycles. The maximum absolute atomic E-state index is 3.17. The van der Waals surface area contributed by atoms with Crippen molar-refractivity contribution in [1.82, 2.24) is 0 Å². The van der Waals surface area contributed by atoms with Gasteiger partial charge >= 0.3 is 0 Å². The van der Waals surface area contributed by atoms with E-state index in [0.717, 1.165) is 0 Å². The Bertz CT molecular complexity index is 260. The molecule has 1 aliphatic rings. The average molecular weight is 152 g/mol. The van der Waals surface area contributed by atoms with Crippen molar-refractivity contribution in [3.63, 3.8) is 0 Å². The van der Waals surface area contributed by atoms with Crippen molar-refractivity contribution in [2.75, 3.05) is 9.44 Å². The van der Waals surface area contributed by atoms with E-state index in [4.69, 9.17) is 0 Å². The molecule has 0 bridgehead atoms. The summed E-state index contributed by atoms with van der Waals surface area (Å²) in [5.41, 5.74) is 3.69. The van der Waals surface area contributed by atoms with E-state index in [1.807, 2.05) is 0 Å². The van der Waals surface area contributed by atoms with Gasteiger partial charge in [-0.1, -0.05) is 12.1 Å². The van der Waals surface area contributed by atoms with Crippen LogP contribution in [0.25, 0.3) is 0 Å². The van der Waals surface area contributed by atoms with Crippen LogP contribution in [-0.2, 0) is 0 Å². The first kappa shape index (κ1) is 5.92. The predicted molar refractivity (Wildman–Crippen MR) is 46.0 cm³/mol. The maximum Gasteiger partial charge on any atom is 0.0727 e. The van der Waals surface area contributed by atoms with Crippen LogP contribution in [-0.4, -0.2) is 0 Å². The van der Waals surface area contributed by atoms with E-state index in [1.54, 1.807) is 0 Å². The van der Waals surface area contributed by atoms with Crippen LogP contribution >= 0.6 is 12.1 Å². The molecule has 0 atom stereocenters. The molecule has 1 heterocycles. The summed E-state index contributed by atoms with van der Waals surface area (Å²) in [5, 5.41) is 0. The van der Waals surface area contributed by atoms with Gasteiger partial charge in [-0.15, -0.1) is 0 Å². The van der Waals surface area contributed by atoms with Gasteiger partial charge in [0.05, 0.1) is 23.5 Å². The molecule has 2 N–H and O–H groups in total. The van der Waals surface area contributed by atoms with E-state index in [9.17, 15) is 0 Å². The van der Waals surface area contributed by atoms with Crippen molar-refractivity contribution >= 4 is 23.5 Å². The average Bonchev–Trinajstić information content (AvgIpc) is 2.36. The summed E-state index contributed by atoms with van der Waals surface area (Å²) in [6, 6.07) is 6.21. The third-order valence-electron chi connectivity index (χ3n) is 1.59. The normalized spacial score (nSPS) is 13.7. The zero-order valence-corrected chi connectivity index (χ0v) is 6.46. The van der Waals surface area contributed by atoms with Gasteiger partial charge in [-0.25, -0.2) is 0 Å². The number of nitrogens with one attached hydrogen (secondary N) is 2. The van der Waals surface area contributed by atoms with Gasteiger partial charge in [-0.3, -0.25) is 0 Å². The van der Waals surface area contributed by atoms with Crippen molar-refractivity contribution < 1.29 is 0 Å². The lowest BCUT2D eigenvalue weighted by Crippen LogP contribution is -1.80. The summed E-state index contributed by atoms with van der Waals surface area (Å²) in [7, 11) is 0. The number of rotatable bonds is 0. The molecule has 0 spiro atoms. The van der Waals surface area contributed by atoms with Crippen LogP contribution in [0.3, 0.4) is 0 Å². The van der Waals surface area contributed by atoms with Gasteiger partial charge < -0.3 is 9.44 Å². The van der Waals surface area contributed by atoms with Gasteiger partial charge in [0.2, 0.25) is 0 Å². The lowest BCUT2D eigenvalue weighted by molar-refractivity contribution is 1.48. The Labute approximate surface area is 64.3 Å². The Balaban J connectivity index is 2.59. The summed E-state index contributed by atoms with van der Waals surface area (Å²) < 4.78 is 6.32. The van der Waals surface area contributed by atoms with Gasteiger partial charge in [-0.05, 0) is 18.6 Å². The molecule has 0 unspecified atom stereocenters. The first-order valence-corrected chi connectivity index (χ1v) is 3.97. The maximum atomic E-state index is 3.17. The summed E-state index contributed by atoms with van der Waals surface area (Å²) >= 11 is 1.52. The molecule has 0 radical (unpaired) electrons. The van der Waals surface area contributed by atoms with Crippen LogP contribution in [0.5, 0.6) is 0 Å². The van der Waals surface area contributed by atoms with Crippen molar-refractivity contribution in [3.8, 4) is 0 Å². The molecule has 0 fully saturated rings. The lowest BCUT2D eigenvalue weighted by atomic mass is 10.2. The monoisotopic (exact) mass is 152 g/mol. The molecule has 2 nitrogen and oxygen atoms in total. The number of anilines is 2. The number of para-hydroxylation sites is 1. The summed E-state index contributed by atoms with van der Waals surface area (Å²) in [6.07, 6.45) is 0. The number of hydrogen-bond donors (Lipinski definition) is 2. The van der Waals surface area contributed by atoms with Crippen molar-refractivity contribution in [1.29, 1.82) is 0 Å². The van der Waals surface area contributed by atoms with E-state index < -0.39 is 0 Å². The Morgan fingerprint density at radius 1 is 1.30 bits per heavy atom. The van der Waals surface area contributed by atoms with Crippen molar-refractivity contribution in [2.45, 2.75) is 6.92 Å². The molecular formula is C7H8N2S. The topological polar surface area (TPSA) is 24.1 Å². The highest BCUT2D eigenvalue weighted by Gasteiger charge is 2.10. The number of hydrogen-bond acceptors (Lipinski definition) is 3. The Hall–Kier alpha value is -0.830. The molecule has 0 saturated carbocycles. The standard InChI is InChI=1S/C7H8N2S/c1-5-3-2-4-6-7(5)9-10-8-6/h2-4,8-9H,1H3. The molecule has 1 aliphatic heterocycles. The molecule has 3 heteroatoms. The van der Waals surface area contributed by atoms with Crippen molar-refractivity contribution in [3.05, 3.63) is 23.8 Å². The van der Waals surface area contributed by atoms with Gasteiger partial charge in [0.15, 0.2) is 0 Å².